The Morgan fingerprint density at radius 1 is 1.27 bits per heavy atom. The van der Waals surface area contributed by atoms with Crippen LogP contribution in [0.25, 0.3) is 0 Å². The van der Waals surface area contributed by atoms with Gasteiger partial charge in [-0.05, 0) is 31.8 Å². The molecule has 0 aromatic carbocycles. The predicted octanol–water partition coefficient (Wildman–Crippen LogP) is 3.43. The molecule has 0 N–H and O–H groups in total. The van der Waals surface area contributed by atoms with Crippen LogP contribution in [-0.2, 0) is 0 Å². The van der Waals surface area contributed by atoms with Gasteiger partial charge in [-0.15, -0.1) is 0 Å². The molecule has 0 saturated heterocycles. The van der Waals surface area contributed by atoms with Crippen molar-refractivity contribution in [2.45, 2.75) is 26.2 Å². The van der Waals surface area contributed by atoms with Crippen molar-refractivity contribution in [3.05, 3.63) is 42.4 Å². The summed E-state index contributed by atoms with van der Waals surface area (Å²) in [5, 5.41) is 0. The first-order valence-corrected chi connectivity index (χ1v) is 4.19. The summed E-state index contributed by atoms with van der Waals surface area (Å²) in [7, 11) is 0. The van der Waals surface area contributed by atoms with E-state index in [1.807, 2.05) is 13.0 Å². The molecule has 0 saturated carbocycles. The highest BCUT2D eigenvalue weighted by Crippen LogP contribution is 2.28. The van der Waals surface area contributed by atoms with Crippen molar-refractivity contribution in [3.8, 4) is 0 Å². The zero-order valence-corrected chi connectivity index (χ0v) is 7.14. The van der Waals surface area contributed by atoms with Crippen LogP contribution in [0, 0.1) is 6.42 Å². The summed E-state index contributed by atoms with van der Waals surface area (Å²) < 4.78 is 0. The molecule has 0 heteroatoms. The first-order valence-electron chi connectivity index (χ1n) is 4.19. The molecule has 0 unspecified atom stereocenters. The van der Waals surface area contributed by atoms with Gasteiger partial charge in [0, 0.05) is 6.42 Å². The van der Waals surface area contributed by atoms with E-state index in [4.69, 9.17) is 0 Å². The smallest absolute Gasteiger partial charge is 0.00829 e. The molecule has 11 heavy (non-hydrogen) atoms. The second-order valence-corrected chi connectivity index (χ2v) is 2.80. The summed E-state index contributed by atoms with van der Waals surface area (Å²) in [6, 6.07) is 0. The largest absolute Gasteiger partial charge is 0.0988 e. The Balaban J connectivity index is 2.59. The van der Waals surface area contributed by atoms with Gasteiger partial charge in [-0.3, -0.25) is 0 Å². The van der Waals surface area contributed by atoms with Crippen molar-refractivity contribution in [2.75, 3.05) is 0 Å². The lowest BCUT2D eigenvalue weighted by molar-refractivity contribution is 0.903. The number of hydrogen-bond donors (Lipinski definition) is 0. The lowest BCUT2D eigenvalue weighted by Crippen LogP contribution is -1.78. The van der Waals surface area contributed by atoms with Gasteiger partial charge in [0.25, 0.3) is 0 Å². The van der Waals surface area contributed by atoms with E-state index in [9.17, 15) is 0 Å². The maximum atomic E-state index is 3.80. The fourth-order valence-electron chi connectivity index (χ4n) is 1.43. The van der Waals surface area contributed by atoms with Crippen LogP contribution in [0.5, 0.6) is 0 Å². The minimum atomic E-state index is 1.22. The van der Waals surface area contributed by atoms with Crippen molar-refractivity contribution in [3.63, 3.8) is 0 Å². The molecule has 0 amide bonds. The third-order valence-corrected chi connectivity index (χ3v) is 2.04. The van der Waals surface area contributed by atoms with Crippen LogP contribution in [0.1, 0.15) is 26.2 Å². The summed E-state index contributed by atoms with van der Waals surface area (Å²) in [6.45, 7) is 5.84. The van der Waals surface area contributed by atoms with E-state index in [-0.39, 0.29) is 0 Å². The lowest BCUT2D eigenvalue weighted by Gasteiger charge is -1.97. The van der Waals surface area contributed by atoms with E-state index >= 15 is 0 Å². The van der Waals surface area contributed by atoms with Crippen LogP contribution in [0.2, 0.25) is 0 Å². The number of allylic oxidation sites excluding steroid dienone is 5. The predicted molar refractivity (Wildman–Crippen MR) is 50.2 cm³/mol. The fraction of sp³-hybridized carbons (Fsp3) is 0.364. The van der Waals surface area contributed by atoms with Gasteiger partial charge in [0.15, 0.2) is 0 Å². The fourth-order valence-corrected chi connectivity index (χ4v) is 1.43. The summed E-state index contributed by atoms with van der Waals surface area (Å²) in [5.41, 5.74) is 2.90. The van der Waals surface area contributed by atoms with Gasteiger partial charge in [0.2, 0.25) is 0 Å². The average Bonchev–Trinajstić information content (AvgIpc) is 2.47. The maximum absolute atomic E-state index is 3.80. The molecule has 0 heterocycles. The molecule has 59 valence electrons. The molecule has 0 bridgehead atoms. The summed E-state index contributed by atoms with van der Waals surface area (Å²) >= 11 is 0. The minimum absolute atomic E-state index is 1.22. The van der Waals surface area contributed by atoms with Crippen molar-refractivity contribution in [2.24, 2.45) is 0 Å². The molecule has 0 aliphatic heterocycles. The highest BCUT2D eigenvalue weighted by molar-refractivity contribution is 5.36. The van der Waals surface area contributed by atoms with Crippen molar-refractivity contribution >= 4 is 0 Å². The standard InChI is InChI=1S/C11H15/c1-3-5-7-11-9-6-8-10(11)4-2/h3-5,7H,2,6,8-9H2,1H3/b5-3+. The third kappa shape index (κ3) is 2.07. The van der Waals surface area contributed by atoms with Crippen molar-refractivity contribution < 1.29 is 0 Å². The van der Waals surface area contributed by atoms with Gasteiger partial charge in [0.05, 0.1) is 0 Å². The Morgan fingerprint density at radius 3 is 2.64 bits per heavy atom. The Hall–Kier alpha value is -0.780. The topological polar surface area (TPSA) is 0 Å². The number of rotatable bonds is 3. The molecule has 0 aromatic heterocycles. The molecule has 0 spiro atoms. The molecule has 0 atom stereocenters. The van der Waals surface area contributed by atoms with E-state index in [1.54, 1.807) is 0 Å². The molecular formula is C11H15. The van der Waals surface area contributed by atoms with Gasteiger partial charge in [-0.2, -0.15) is 0 Å². The molecule has 0 aromatic rings. The van der Waals surface area contributed by atoms with E-state index in [2.05, 4.69) is 25.2 Å². The molecular weight excluding hydrogens is 132 g/mol. The van der Waals surface area contributed by atoms with Crippen LogP contribution < -0.4 is 0 Å². The average molecular weight is 147 g/mol. The summed E-state index contributed by atoms with van der Waals surface area (Å²) in [4.78, 5) is 0. The Bertz CT molecular complexity index is 194. The second kappa shape index (κ2) is 4.17. The SMILES string of the molecule is C=CC1=C([CH]/C=C/C)CCC1. The van der Waals surface area contributed by atoms with Crippen molar-refractivity contribution in [1.29, 1.82) is 0 Å². The van der Waals surface area contributed by atoms with Gasteiger partial charge >= 0.3 is 0 Å². The zero-order chi connectivity index (χ0) is 8.10. The Labute approximate surface area is 69.3 Å². The van der Waals surface area contributed by atoms with Crippen molar-refractivity contribution in [1.82, 2.24) is 0 Å². The Kier molecular flexibility index (Phi) is 3.15. The van der Waals surface area contributed by atoms with Gasteiger partial charge < -0.3 is 0 Å². The lowest BCUT2D eigenvalue weighted by atomic mass is 10.1. The van der Waals surface area contributed by atoms with Gasteiger partial charge in [-0.25, -0.2) is 0 Å². The van der Waals surface area contributed by atoms with Gasteiger partial charge in [0.1, 0.15) is 0 Å². The van der Waals surface area contributed by atoms with Crippen LogP contribution in [0.4, 0.5) is 0 Å². The normalized spacial score (nSPS) is 18.3. The van der Waals surface area contributed by atoms with Crippen LogP contribution in [-0.4, -0.2) is 0 Å². The molecule has 1 aliphatic carbocycles. The number of hydrogen-bond acceptors (Lipinski definition) is 0. The second-order valence-electron chi connectivity index (χ2n) is 2.80. The Morgan fingerprint density at radius 2 is 2.00 bits per heavy atom. The summed E-state index contributed by atoms with van der Waals surface area (Å²) in [5.74, 6) is 0. The first kappa shape index (κ1) is 8.32. The van der Waals surface area contributed by atoms with E-state index in [0.29, 0.717) is 0 Å². The molecule has 0 nitrogen and oxygen atoms in total. The van der Waals surface area contributed by atoms with E-state index in [0.717, 1.165) is 0 Å². The highest BCUT2D eigenvalue weighted by Gasteiger charge is 2.09. The zero-order valence-electron chi connectivity index (χ0n) is 7.14. The molecule has 0 fully saturated rings. The molecule has 1 rings (SSSR count). The first-order chi connectivity index (χ1) is 5.38. The van der Waals surface area contributed by atoms with Crippen LogP contribution in [0.3, 0.4) is 0 Å². The maximum Gasteiger partial charge on any atom is 0.00829 e. The molecule has 1 radical (unpaired) electrons. The third-order valence-electron chi connectivity index (χ3n) is 2.04. The minimum Gasteiger partial charge on any atom is -0.0988 e. The monoisotopic (exact) mass is 147 g/mol. The van der Waals surface area contributed by atoms with Crippen LogP contribution >= 0.6 is 0 Å². The van der Waals surface area contributed by atoms with Crippen LogP contribution in [0.15, 0.2) is 36.0 Å². The van der Waals surface area contributed by atoms with E-state index in [1.165, 1.54) is 30.4 Å². The summed E-state index contributed by atoms with van der Waals surface area (Å²) in [6.07, 6.45) is 12.1. The molecule has 1 aliphatic rings. The highest BCUT2D eigenvalue weighted by atomic mass is 14.1. The quantitative estimate of drug-likeness (QED) is 0.573. The van der Waals surface area contributed by atoms with E-state index < -0.39 is 0 Å². The van der Waals surface area contributed by atoms with Gasteiger partial charge in [-0.1, -0.05) is 30.4 Å².